The molecule has 0 bridgehead atoms. The molecule has 0 unspecified atom stereocenters. The molecule has 0 saturated carbocycles. The third-order valence-electron chi connectivity index (χ3n) is 4.92. The van der Waals surface area contributed by atoms with Crippen molar-refractivity contribution in [1.29, 1.82) is 0 Å². The second kappa shape index (κ2) is 12.6. The molecule has 35 heavy (non-hydrogen) atoms. The zero-order valence-corrected chi connectivity index (χ0v) is 19.7. The summed E-state index contributed by atoms with van der Waals surface area (Å²) in [4.78, 5) is 28.6. The fourth-order valence-corrected chi connectivity index (χ4v) is 3.21. The number of carbonyl (C=O) groups excluding carboxylic acids is 2. The third-order valence-corrected chi connectivity index (χ3v) is 4.92. The summed E-state index contributed by atoms with van der Waals surface area (Å²) >= 11 is 0. The quantitative estimate of drug-likeness (QED) is 0.236. The lowest BCUT2D eigenvalue weighted by Crippen LogP contribution is -2.31. The monoisotopic (exact) mass is 486 g/mol. The van der Waals surface area contributed by atoms with Crippen molar-refractivity contribution < 1.29 is 32.9 Å². The Labute approximate surface area is 202 Å². The largest absolute Gasteiger partial charge is 0.465 e. The molecule has 1 aromatic carbocycles. The summed E-state index contributed by atoms with van der Waals surface area (Å²) in [6, 6.07) is 8.84. The van der Waals surface area contributed by atoms with Crippen LogP contribution >= 0.6 is 0 Å². The molecule has 0 spiro atoms. The Bertz CT molecular complexity index is 1150. The number of rotatable bonds is 12. The van der Waals surface area contributed by atoms with E-state index in [0.717, 1.165) is 0 Å². The standard InChI is InChI=1S/C24H27FN4O6/c1-4-34-20(30)14-27-24(31)21-22(35-15-33-11-10-32-3)16(2)18(12-26-21)19-13-28-29(23(19)25)17-8-6-5-7-9-17/h5-9,12-13H,4,10-11,14-15H2,1-3H3,(H,27,31). The number of amides is 1. The van der Waals surface area contributed by atoms with Crippen molar-refractivity contribution in [3.8, 4) is 22.6 Å². The highest BCUT2D eigenvalue weighted by molar-refractivity contribution is 5.97. The molecule has 0 fully saturated rings. The number of esters is 1. The molecule has 3 aromatic rings. The van der Waals surface area contributed by atoms with Crippen LogP contribution in [0.5, 0.6) is 5.75 Å². The van der Waals surface area contributed by atoms with Gasteiger partial charge < -0.3 is 24.3 Å². The van der Waals surface area contributed by atoms with Gasteiger partial charge in [-0.2, -0.15) is 9.49 Å². The number of methoxy groups -OCH3 is 1. The maximum absolute atomic E-state index is 15.3. The summed E-state index contributed by atoms with van der Waals surface area (Å²) in [5, 5.41) is 6.61. The molecule has 0 aliphatic rings. The van der Waals surface area contributed by atoms with Crippen LogP contribution in [0.3, 0.4) is 0 Å². The topological polar surface area (TPSA) is 114 Å². The van der Waals surface area contributed by atoms with E-state index in [2.05, 4.69) is 15.4 Å². The van der Waals surface area contributed by atoms with Gasteiger partial charge in [-0.3, -0.25) is 9.59 Å². The van der Waals surface area contributed by atoms with Crippen molar-refractivity contribution in [2.24, 2.45) is 0 Å². The number of halogens is 1. The van der Waals surface area contributed by atoms with Gasteiger partial charge in [-0.05, 0) is 26.0 Å². The summed E-state index contributed by atoms with van der Waals surface area (Å²) in [6.07, 6.45) is 2.74. The molecule has 1 amide bonds. The number of nitrogens with zero attached hydrogens (tertiary/aromatic N) is 3. The summed E-state index contributed by atoms with van der Waals surface area (Å²) in [5.74, 6) is -1.74. The van der Waals surface area contributed by atoms with E-state index in [0.29, 0.717) is 23.4 Å². The predicted molar refractivity (Wildman–Crippen MR) is 124 cm³/mol. The van der Waals surface area contributed by atoms with Crippen LogP contribution in [0, 0.1) is 12.9 Å². The predicted octanol–water partition coefficient (Wildman–Crippen LogP) is 2.67. The Morgan fingerprint density at radius 1 is 1.11 bits per heavy atom. The van der Waals surface area contributed by atoms with E-state index in [1.54, 1.807) is 38.1 Å². The first kappa shape index (κ1) is 25.8. The first-order chi connectivity index (χ1) is 17.0. The second-order valence-electron chi connectivity index (χ2n) is 7.22. The Hall–Kier alpha value is -3.83. The second-order valence-corrected chi connectivity index (χ2v) is 7.22. The molecule has 2 heterocycles. The summed E-state index contributed by atoms with van der Waals surface area (Å²) < 4.78 is 37.3. The number of carbonyl (C=O) groups is 2. The number of aromatic nitrogens is 3. The first-order valence-corrected chi connectivity index (χ1v) is 10.9. The Morgan fingerprint density at radius 2 is 1.89 bits per heavy atom. The molecule has 0 aliphatic heterocycles. The van der Waals surface area contributed by atoms with Crippen LogP contribution in [0.1, 0.15) is 23.0 Å². The highest BCUT2D eigenvalue weighted by Crippen LogP contribution is 2.33. The minimum atomic E-state index is -0.653. The maximum Gasteiger partial charge on any atom is 0.325 e. The Balaban J connectivity index is 1.92. The lowest BCUT2D eigenvalue weighted by atomic mass is 10.0. The number of pyridine rings is 1. The number of nitrogens with one attached hydrogen (secondary N) is 1. The van der Waals surface area contributed by atoms with E-state index in [4.69, 9.17) is 18.9 Å². The minimum Gasteiger partial charge on any atom is -0.465 e. The van der Waals surface area contributed by atoms with Crippen LogP contribution in [0.2, 0.25) is 0 Å². The molecule has 0 radical (unpaired) electrons. The number of benzene rings is 1. The van der Waals surface area contributed by atoms with Crippen molar-refractivity contribution in [1.82, 2.24) is 20.1 Å². The fourth-order valence-electron chi connectivity index (χ4n) is 3.21. The lowest BCUT2D eigenvalue weighted by molar-refractivity contribution is -0.141. The van der Waals surface area contributed by atoms with Gasteiger partial charge in [0.05, 0.1) is 37.3 Å². The highest BCUT2D eigenvalue weighted by Gasteiger charge is 2.23. The van der Waals surface area contributed by atoms with Gasteiger partial charge in [0.15, 0.2) is 18.2 Å². The van der Waals surface area contributed by atoms with Crippen LogP contribution in [-0.2, 0) is 19.0 Å². The zero-order chi connectivity index (χ0) is 25.2. The first-order valence-electron chi connectivity index (χ1n) is 10.9. The average molecular weight is 487 g/mol. The van der Waals surface area contributed by atoms with E-state index < -0.39 is 17.8 Å². The SMILES string of the molecule is CCOC(=O)CNC(=O)c1ncc(-c2cnn(-c3ccccc3)c2F)c(C)c1OCOCCOC. The van der Waals surface area contributed by atoms with E-state index in [-0.39, 0.29) is 43.6 Å². The van der Waals surface area contributed by atoms with Crippen LogP contribution in [0.4, 0.5) is 4.39 Å². The van der Waals surface area contributed by atoms with E-state index in [9.17, 15) is 9.59 Å². The fraction of sp³-hybridized carbons (Fsp3) is 0.333. The smallest absolute Gasteiger partial charge is 0.325 e. The van der Waals surface area contributed by atoms with E-state index in [1.807, 2.05) is 6.07 Å². The number of hydrogen-bond acceptors (Lipinski definition) is 8. The number of ether oxygens (including phenoxy) is 4. The van der Waals surface area contributed by atoms with Crippen LogP contribution in [0.15, 0.2) is 42.7 Å². The molecule has 0 saturated heterocycles. The summed E-state index contributed by atoms with van der Waals surface area (Å²) in [6.45, 7) is 3.62. The van der Waals surface area contributed by atoms with Crippen LogP contribution < -0.4 is 10.1 Å². The molecule has 11 heteroatoms. The van der Waals surface area contributed by atoms with Gasteiger partial charge in [-0.15, -0.1) is 0 Å². The van der Waals surface area contributed by atoms with Gasteiger partial charge in [-0.25, -0.2) is 9.67 Å². The number of hydrogen-bond donors (Lipinski definition) is 1. The normalized spacial score (nSPS) is 10.7. The molecular formula is C24H27FN4O6. The highest BCUT2D eigenvalue weighted by atomic mass is 19.1. The van der Waals surface area contributed by atoms with Crippen molar-refractivity contribution in [2.45, 2.75) is 13.8 Å². The third kappa shape index (κ3) is 6.40. The molecule has 0 aliphatic carbocycles. The summed E-state index contributed by atoms with van der Waals surface area (Å²) in [7, 11) is 1.54. The van der Waals surface area contributed by atoms with Crippen molar-refractivity contribution in [2.75, 3.05) is 40.3 Å². The molecule has 3 rings (SSSR count). The van der Waals surface area contributed by atoms with Crippen LogP contribution in [-0.4, -0.2) is 66.9 Å². The van der Waals surface area contributed by atoms with Crippen molar-refractivity contribution >= 4 is 11.9 Å². The molecular weight excluding hydrogens is 459 g/mol. The molecule has 1 N–H and O–H groups in total. The average Bonchev–Trinajstić information content (AvgIpc) is 3.24. The Morgan fingerprint density at radius 3 is 2.60 bits per heavy atom. The van der Waals surface area contributed by atoms with Gasteiger partial charge in [0.1, 0.15) is 6.54 Å². The van der Waals surface area contributed by atoms with Crippen LogP contribution in [0.25, 0.3) is 16.8 Å². The summed E-state index contributed by atoms with van der Waals surface area (Å²) in [5.41, 5.74) is 1.49. The van der Waals surface area contributed by atoms with E-state index in [1.165, 1.54) is 24.2 Å². The minimum absolute atomic E-state index is 0.0817. The zero-order valence-electron chi connectivity index (χ0n) is 19.7. The molecule has 10 nitrogen and oxygen atoms in total. The van der Waals surface area contributed by atoms with Gasteiger partial charge in [0.2, 0.25) is 5.95 Å². The van der Waals surface area contributed by atoms with Gasteiger partial charge >= 0.3 is 5.97 Å². The van der Waals surface area contributed by atoms with Gasteiger partial charge in [0, 0.05) is 24.4 Å². The molecule has 0 atom stereocenters. The molecule has 2 aromatic heterocycles. The Kier molecular flexibility index (Phi) is 9.27. The van der Waals surface area contributed by atoms with E-state index >= 15 is 4.39 Å². The van der Waals surface area contributed by atoms with Crippen molar-refractivity contribution in [3.05, 3.63) is 59.9 Å². The van der Waals surface area contributed by atoms with Gasteiger partial charge in [-0.1, -0.05) is 18.2 Å². The van der Waals surface area contributed by atoms with Crippen molar-refractivity contribution in [3.63, 3.8) is 0 Å². The molecule has 186 valence electrons. The van der Waals surface area contributed by atoms with Gasteiger partial charge in [0.25, 0.3) is 5.91 Å². The number of para-hydroxylation sites is 1. The maximum atomic E-state index is 15.3. The lowest BCUT2D eigenvalue weighted by Gasteiger charge is -2.16.